The quantitative estimate of drug-likeness (QED) is 0.780. The first kappa shape index (κ1) is 15.7. The number of halogens is 1. The van der Waals surface area contributed by atoms with Crippen molar-refractivity contribution in [3.05, 3.63) is 65.8 Å². The maximum absolute atomic E-state index is 13.1. The van der Waals surface area contributed by atoms with E-state index < -0.39 is 11.7 Å². The fraction of sp³-hybridized carbons (Fsp3) is 0.118. The Morgan fingerprint density at radius 1 is 1.21 bits per heavy atom. The van der Waals surface area contributed by atoms with Crippen molar-refractivity contribution in [2.75, 3.05) is 7.11 Å². The average Bonchev–Trinajstić information content (AvgIpc) is 3.09. The summed E-state index contributed by atoms with van der Waals surface area (Å²) in [6.07, 6.45) is 0. The van der Waals surface area contributed by atoms with Gasteiger partial charge in [-0.2, -0.15) is 0 Å². The molecule has 0 saturated heterocycles. The largest absolute Gasteiger partial charge is 0.497 e. The van der Waals surface area contributed by atoms with Crippen LogP contribution >= 0.6 is 0 Å². The predicted molar refractivity (Wildman–Crippen MR) is 83.9 cm³/mol. The maximum Gasteiger partial charge on any atom is 0.251 e. The van der Waals surface area contributed by atoms with Gasteiger partial charge in [-0.1, -0.05) is 6.07 Å². The molecule has 0 radical (unpaired) electrons. The highest BCUT2D eigenvalue weighted by molar-refractivity contribution is 5.94. The molecule has 1 N–H and O–H groups in total. The molecule has 0 saturated carbocycles. The van der Waals surface area contributed by atoms with Gasteiger partial charge in [0.05, 0.1) is 13.7 Å². The fourth-order valence-electron chi connectivity index (χ4n) is 2.06. The topological polar surface area (TPSA) is 77.3 Å². The van der Waals surface area contributed by atoms with E-state index in [9.17, 15) is 9.18 Å². The normalized spacial score (nSPS) is 10.4. The van der Waals surface area contributed by atoms with Gasteiger partial charge in [-0.3, -0.25) is 4.79 Å². The Kier molecular flexibility index (Phi) is 4.51. The van der Waals surface area contributed by atoms with Crippen molar-refractivity contribution >= 4 is 5.91 Å². The lowest BCUT2D eigenvalue weighted by atomic mass is 10.2. The van der Waals surface area contributed by atoms with Crippen LogP contribution in [0.1, 0.15) is 16.2 Å². The summed E-state index contributed by atoms with van der Waals surface area (Å²) >= 11 is 0. The number of hydrogen-bond donors (Lipinski definition) is 1. The van der Waals surface area contributed by atoms with E-state index in [1.165, 1.54) is 18.2 Å². The monoisotopic (exact) mass is 327 g/mol. The standard InChI is InChI=1S/C17H14FN3O3/c1-23-14-7-5-11(6-8-14)17-21-20-15(24-17)10-19-16(22)12-3-2-4-13(18)9-12/h2-9H,10H2,1H3,(H,19,22). The average molecular weight is 327 g/mol. The molecule has 2 aromatic carbocycles. The second kappa shape index (κ2) is 6.91. The Morgan fingerprint density at radius 3 is 2.71 bits per heavy atom. The van der Waals surface area contributed by atoms with Crippen LogP contribution in [0.4, 0.5) is 4.39 Å². The summed E-state index contributed by atoms with van der Waals surface area (Å²) in [4.78, 5) is 11.9. The molecule has 0 spiro atoms. The Bertz CT molecular complexity index is 846. The molecule has 7 heteroatoms. The SMILES string of the molecule is COc1ccc(-c2nnc(CNC(=O)c3cccc(F)c3)o2)cc1. The third-order valence-corrected chi connectivity index (χ3v) is 3.29. The highest BCUT2D eigenvalue weighted by atomic mass is 19.1. The molecule has 1 heterocycles. The van der Waals surface area contributed by atoms with Crippen LogP contribution < -0.4 is 10.1 Å². The number of carbonyl (C=O) groups is 1. The van der Waals surface area contributed by atoms with Crippen molar-refractivity contribution in [3.8, 4) is 17.2 Å². The highest BCUT2D eigenvalue weighted by Gasteiger charge is 2.11. The van der Waals surface area contributed by atoms with Gasteiger partial charge in [0.2, 0.25) is 11.8 Å². The van der Waals surface area contributed by atoms with Gasteiger partial charge in [-0.05, 0) is 42.5 Å². The van der Waals surface area contributed by atoms with Gasteiger partial charge in [0.15, 0.2) is 0 Å². The van der Waals surface area contributed by atoms with Crippen molar-refractivity contribution in [1.82, 2.24) is 15.5 Å². The van der Waals surface area contributed by atoms with Gasteiger partial charge in [0.25, 0.3) is 5.91 Å². The van der Waals surface area contributed by atoms with Crippen LogP contribution in [0.25, 0.3) is 11.5 Å². The predicted octanol–water partition coefficient (Wildman–Crippen LogP) is 2.81. The van der Waals surface area contributed by atoms with E-state index in [-0.39, 0.29) is 18.0 Å². The van der Waals surface area contributed by atoms with Crippen molar-refractivity contribution in [1.29, 1.82) is 0 Å². The summed E-state index contributed by atoms with van der Waals surface area (Å²) in [5, 5.41) is 10.4. The molecule has 1 amide bonds. The summed E-state index contributed by atoms with van der Waals surface area (Å²) < 4.78 is 23.7. The molecule has 0 aliphatic carbocycles. The van der Waals surface area contributed by atoms with E-state index in [0.29, 0.717) is 5.89 Å². The van der Waals surface area contributed by atoms with Crippen LogP contribution in [0.2, 0.25) is 0 Å². The summed E-state index contributed by atoms with van der Waals surface area (Å²) in [5.41, 5.74) is 0.968. The summed E-state index contributed by atoms with van der Waals surface area (Å²) in [5.74, 6) is 0.431. The lowest BCUT2D eigenvalue weighted by molar-refractivity contribution is 0.0947. The number of methoxy groups -OCH3 is 1. The number of nitrogens with one attached hydrogen (secondary N) is 1. The number of hydrogen-bond acceptors (Lipinski definition) is 5. The molecule has 0 aliphatic rings. The van der Waals surface area contributed by atoms with E-state index in [2.05, 4.69) is 15.5 Å². The molecule has 0 atom stereocenters. The van der Waals surface area contributed by atoms with Crippen molar-refractivity contribution < 1.29 is 18.3 Å². The molecule has 0 bridgehead atoms. The number of benzene rings is 2. The Hall–Kier alpha value is -3.22. The Labute approximate surface area is 137 Å². The van der Waals surface area contributed by atoms with E-state index in [4.69, 9.17) is 9.15 Å². The zero-order chi connectivity index (χ0) is 16.9. The Morgan fingerprint density at radius 2 is 2.00 bits per heavy atom. The molecule has 0 fully saturated rings. The molecule has 0 aliphatic heterocycles. The number of rotatable bonds is 5. The van der Waals surface area contributed by atoms with Crippen LogP contribution in [0.5, 0.6) is 5.75 Å². The Balaban J connectivity index is 1.64. The highest BCUT2D eigenvalue weighted by Crippen LogP contribution is 2.21. The first-order valence-corrected chi connectivity index (χ1v) is 7.16. The summed E-state index contributed by atoms with van der Waals surface area (Å²) in [7, 11) is 1.58. The molecule has 1 aromatic heterocycles. The van der Waals surface area contributed by atoms with Crippen LogP contribution in [0.3, 0.4) is 0 Å². The fourth-order valence-corrected chi connectivity index (χ4v) is 2.06. The molecule has 24 heavy (non-hydrogen) atoms. The second-order valence-corrected chi connectivity index (χ2v) is 4.92. The number of carbonyl (C=O) groups excluding carboxylic acids is 1. The zero-order valence-corrected chi connectivity index (χ0v) is 12.8. The molecule has 3 rings (SSSR count). The number of amides is 1. The van der Waals surface area contributed by atoms with E-state index >= 15 is 0 Å². The molecular weight excluding hydrogens is 313 g/mol. The first-order chi connectivity index (χ1) is 11.7. The third kappa shape index (κ3) is 3.57. The minimum Gasteiger partial charge on any atom is -0.497 e. The van der Waals surface area contributed by atoms with Gasteiger partial charge in [0.1, 0.15) is 11.6 Å². The lowest BCUT2D eigenvalue weighted by Gasteiger charge is -2.02. The van der Waals surface area contributed by atoms with Gasteiger partial charge < -0.3 is 14.5 Å². The number of nitrogens with zero attached hydrogens (tertiary/aromatic N) is 2. The van der Waals surface area contributed by atoms with Gasteiger partial charge in [0, 0.05) is 11.1 Å². The van der Waals surface area contributed by atoms with Crippen LogP contribution in [0, 0.1) is 5.82 Å². The minimum atomic E-state index is -0.470. The van der Waals surface area contributed by atoms with Crippen LogP contribution in [-0.4, -0.2) is 23.2 Å². The molecule has 0 unspecified atom stereocenters. The molecule has 122 valence electrons. The molecular formula is C17H14FN3O3. The van der Waals surface area contributed by atoms with E-state index in [1.54, 1.807) is 31.4 Å². The van der Waals surface area contributed by atoms with Crippen molar-refractivity contribution in [3.63, 3.8) is 0 Å². The second-order valence-electron chi connectivity index (χ2n) is 4.92. The van der Waals surface area contributed by atoms with Gasteiger partial charge in [-0.25, -0.2) is 4.39 Å². The van der Waals surface area contributed by atoms with Crippen LogP contribution in [0.15, 0.2) is 52.9 Å². The first-order valence-electron chi connectivity index (χ1n) is 7.16. The maximum atomic E-state index is 13.1. The van der Waals surface area contributed by atoms with Gasteiger partial charge >= 0.3 is 0 Å². The van der Waals surface area contributed by atoms with E-state index in [0.717, 1.165) is 17.4 Å². The summed E-state index contributed by atoms with van der Waals surface area (Å²) in [6, 6.07) is 12.6. The van der Waals surface area contributed by atoms with Crippen LogP contribution in [-0.2, 0) is 6.54 Å². The minimum absolute atomic E-state index is 0.0541. The van der Waals surface area contributed by atoms with E-state index in [1.807, 2.05) is 0 Å². The van der Waals surface area contributed by atoms with Gasteiger partial charge in [-0.15, -0.1) is 10.2 Å². The third-order valence-electron chi connectivity index (χ3n) is 3.29. The molecule has 3 aromatic rings. The number of ether oxygens (including phenoxy) is 1. The zero-order valence-electron chi connectivity index (χ0n) is 12.8. The van der Waals surface area contributed by atoms with Crippen molar-refractivity contribution in [2.24, 2.45) is 0 Å². The smallest absolute Gasteiger partial charge is 0.251 e. The number of aromatic nitrogens is 2. The summed E-state index contributed by atoms with van der Waals surface area (Å²) in [6.45, 7) is 0.0541. The lowest BCUT2D eigenvalue weighted by Crippen LogP contribution is -2.23. The molecule has 6 nitrogen and oxygen atoms in total. The van der Waals surface area contributed by atoms with Crippen molar-refractivity contribution in [2.45, 2.75) is 6.54 Å².